The molecule has 2 aromatic rings. The summed E-state index contributed by atoms with van der Waals surface area (Å²) in [6.45, 7) is 4.70. The Kier molecular flexibility index (Phi) is 5.46. The monoisotopic (exact) mass is 475 g/mol. The first-order chi connectivity index (χ1) is 16.9. The second-order valence-corrected chi connectivity index (χ2v) is 11.7. The lowest BCUT2D eigenvalue weighted by atomic mass is 9.63. The quantitative estimate of drug-likeness (QED) is 0.545. The van der Waals surface area contributed by atoms with Crippen molar-refractivity contribution in [1.82, 2.24) is 15.6 Å². The molecule has 4 aliphatic carbocycles. The Morgan fingerprint density at radius 2 is 2.11 bits per heavy atom. The van der Waals surface area contributed by atoms with Crippen molar-refractivity contribution in [2.24, 2.45) is 23.2 Å². The Hall–Kier alpha value is -2.44. The second kappa shape index (κ2) is 8.31. The fourth-order valence-electron chi connectivity index (χ4n) is 7.78. The molecule has 3 saturated carbocycles. The first kappa shape index (κ1) is 23.0. The third kappa shape index (κ3) is 3.60. The minimum Gasteiger partial charge on any atom is -0.497 e. The smallest absolute Gasteiger partial charge is 0.223 e. The third-order valence-electron chi connectivity index (χ3n) is 9.81. The zero-order chi connectivity index (χ0) is 24.3. The van der Waals surface area contributed by atoms with Gasteiger partial charge in [-0.15, -0.1) is 0 Å². The van der Waals surface area contributed by atoms with Gasteiger partial charge in [0.15, 0.2) is 0 Å². The van der Waals surface area contributed by atoms with Crippen LogP contribution in [-0.2, 0) is 23.2 Å². The highest BCUT2D eigenvalue weighted by Crippen LogP contribution is 2.71. The van der Waals surface area contributed by atoms with E-state index in [0.717, 1.165) is 43.2 Å². The molecule has 1 aromatic carbocycles. The number of pyridine rings is 1. The van der Waals surface area contributed by atoms with Gasteiger partial charge < -0.3 is 20.5 Å². The average molecular weight is 476 g/mol. The highest BCUT2D eigenvalue weighted by molar-refractivity contribution is 5.80. The Bertz CT molecular complexity index is 1120. The van der Waals surface area contributed by atoms with Gasteiger partial charge in [0.05, 0.1) is 12.7 Å². The molecule has 4 aliphatic rings. The van der Waals surface area contributed by atoms with Gasteiger partial charge in [0, 0.05) is 36.8 Å². The van der Waals surface area contributed by atoms with Crippen LogP contribution in [0.3, 0.4) is 0 Å². The number of rotatable bonds is 8. The number of methoxy groups -OCH3 is 1. The fourth-order valence-corrected chi connectivity index (χ4v) is 7.78. The normalized spacial score (nSPS) is 34.8. The van der Waals surface area contributed by atoms with Crippen molar-refractivity contribution in [2.45, 2.75) is 63.0 Å². The highest BCUT2D eigenvalue weighted by atomic mass is 16.5. The molecule has 6 nitrogen and oxygen atoms in total. The summed E-state index contributed by atoms with van der Waals surface area (Å²) in [7, 11) is 1.70. The van der Waals surface area contributed by atoms with E-state index in [1.807, 2.05) is 18.2 Å². The number of hydrogen-bond acceptors (Lipinski definition) is 5. The summed E-state index contributed by atoms with van der Waals surface area (Å²) < 4.78 is 5.60. The standard InChI is InChI=1S/C29H37N3O3/c1-19-27(18-31-14-20-5-6-20)11-22-7-8-24(35-2)10-25(22)28(17-27)12-23(13-29(19,28)34)26(33)32-16-21-4-3-9-30-15-21/h3-4,7-10,15,19-20,23,31,34H,5-6,11-14,16-18H2,1-2H3,(H,32,33). The van der Waals surface area contributed by atoms with E-state index in [0.29, 0.717) is 19.4 Å². The van der Waals surface area contributed by atoms with Crippen molar-refractivity contribution >= 4 is 5.91 Å². The minimum atomic E-state index is -0.914. The van der Waals surface area contributed by atoms with E-state index in [-0.39, 0.29) is 23.2 Å². The largest absolute Gasteiger partial charge is 0.497 e. The molecular weight excluding hydrogens is 438 g/mol. The number of aliphatic hydroxyl groups is 1. The molecule has 3 fully saturated rings. The van der Waals surface area contributed by atoms with Crippen molar-refractivity contribution < 1.29 is 14.6 Å². The number of aromatic nitrogens is 1. The maximum absolute atomic E-state index is 13.3. The van der Waals surface area contributed by atoms with Gasteiger partial charge in [-0.05, 0) is 97.2 Å². The van der Waals surface area contributed by atoms with Crippen molar-refractivity contribution in [1.29, 1.82) is 0 Å². The molecule has 35 heavy (non-hydrogen) atoms. The van der Waals surface area contributed by atoms with Crippen LogP contribution in [0.2, 0.25) is 0 Å². The maximum Gasteiger partial charge on any atom is 0.223 e. The number of carbonyl (C=O) groups is 1. The molecule has 1 heterocycles. The second-order valence-electron chi connectivity index (χ2n) is 11.7. The van der Waals surface area contributed by atoms with E-state index in [1.54, 1.807) is 19.5 Å². The summed E-state index contributed by atoms with van der Waals surface area (Å²) in [5.41, 5.74) is 2.16. The summed E-state index contributed by atoms with van der Waals surface area (Å²) in [6.07, 6.45) is 9.26. The van der Waals surface area contributed by atoms with E-state index in [2.05, 4.69) is 34.7 Å². The van der Waals surface area contributed by atoms with Crippen LogP contribution < -0.4 is 15.4 Å². The Balaban J connectivity index is 1.31. The summed E-state index contributed by atoms with van der Waals surface area (Å²) >= 11 is 0. The average Bonchev–Trinajstić information content (AvgIpc) is 3.63. The number of amides is 1. The zero-order valence-corrected chi connectivity index (χ0v) is 20.8. The zero-order valence-electron chi connectivity index (χ0n) is 20.8. The lowest BCUT2D eigenvalue weighted by Crippen LogP contribution is -2.46. The predicted octanol–water partition coefficient (Wildman–Crippen LogP) is 3.37. The van der Waals surface area contributed by atoms with E-state index in [1.165, 1.54) is 24.0 Å². The Morgan fingerprint density at radius 3 is 2.86 bits per heavy atom. The number of nitrogens with one attached hydrogen (secondary N) is 2. The number of ether oxygens (including phenoxy) is 1. The molecule has 6 rings (SSSR count). The maximum atomic E-state index is 13.3. The van der Waals surface area contributed by atoms with Gasteiger partial charge in [-0.25, -0.2) is 0 Å². The molecule has 6 heteroatoms. The van der Waals surface area contributed by atoms with Crippen LogP contribution in [0.1, 0.15) is 55.7 Å². The molecule has 186 valence electrons. The van der Waals surface area contributed by atoms with Crippen molar-refractivity contribution in [3.63, 3.8) is 0 Å². The number of fused-ring (bicyclic) bond motifs is 2. The van der Waals surface area contributed by atoms with Gasteiger partial charge in [0.1, 0.15) is 5.75 Å². The predicted molar refractivity (Wildman–Crippen MR) is 134 cm³/mol. The van der Waals surface area contributed by atoms with Crippen LogP contribution >= 0.6 is 0 Å². The van der Waals surface area contributed by atoms with Crippen molar-refractivity contribution in [3.8, 4) is 5.75 Å². The number of benzene rings is 1. The molecule has 5 atom stereocenters. The van der Waals surface area contributed by atoms with Gasteiger partial charge in [-0.1, -0.05) is 19.1 Å². The molecule has 1 amide bonds. The van der Waals surface area contributed by atoms with Crippen molar-refractivity contribution in [2.75, 3.05) is 20.2 Å². The molecule has 0 aliphatic heterocycles. The number of nitrogens with zero attached hydrogens (tertiary/aromatic N) is 1. The lowest BCUT2D eigenvalue weighted by molar-refractivity contribution is -0.126. The van der Waals surface area contributed by atoms with E-state index < -0.39 is 11.0 Å². The van der Waals surface area contributed by atoms with E-state index in [9.17, 15) is 9.90 Å². The van der Waals surface area contributed by atoms with Gasteiger partial charge in [0.2, 0.25) is 5.91 Å². The summed E-state index contributed by atoms with van der Waals surface area (Å²) in [5, 5.41) is 19.4. The van der Waals surface area contributed by atoms with Crippen LogP contribution in [0.15, 0.2) is 42.7 Å². The number of carbonyl (C=O) groups excluding carboxylic acids is 1. The van der Waals surface area contributed by atoms with Crippen LogP contribution in [-0.4, -0.2) is 41.8 Å². The van der Waals surface area contributed by atoms with Crippen LogP contribution in [0.4, 0.5) is 0 Å². The van der Waals surface area contributed by atoms with Gasteiger partial charge in [-0.3, -0.25) is 9.78 Å². The summed E-state index contributed by atoms with van der Waals surface area (Å²) in [5.74, 6) is 1.56. The first-order valence-electron chi connectivity index (χ1n) is 13.2. The molecule has 3 N–H and O–H groups in total. The molecule has 0 radical (unpaired) electrons. The van der Waals surface area contributed by atoms with Crippen LogP contribution in [0.5, 0.6) is 5.75 Å². The van der Waals surface area contributed by atoms with E-state index >= 15 is 0 Å². The third-order valence-corrected chi connectivity index (χ3v) is 9.81. The van der Waals surface area contributed by atoms with Gasteiger partial charge in [-0.2, -0.15) is 0 Å². The summed E-state index contributed by atoms with van der Waals surface area (Å²) in [4.78, 5) is 17.5. The van der Waals surface area contributed by atoms with Gasteiger partial charge in [0.25, 0.3) is 0 Å². The number of hydrogen-bond donors (Lipinski definition) is 3. The highest BCUT2D eigenvalue weighted by Gasteiger charge is 2.73. The first-order valence-corrected chi connectivity index (χ1v) is 13.2. The fraction of sp³-hybridized carbons (Fsp3) is 0.586. The van der Waals surface area contributed by atoms with Gasteiger partial charge >= 0.3 is 0 Å². The van der Waals surface area contributed by atoms with Crippen molar-refractivity contribution in [3.05, 3.63) is 59.4 Å². The molecule has 1 aromatic heterocycles. The SMILES string of the molecule is COc1ccc2c(c1)C13CC(C(=O)NCc4cccnc4)CC1(O)C(C)C(CNCC1CC1)(C2)C3. The lowest BCUT2D eigenvalue weighted by Gasteiger charge is -2.42. The Morgan fingerprint density at radius 1 is 1.26 bits per heavy atom. The molecule has 2 bridgehead atoms. The van der Waals surface area contributed by atoms with Crippen LogP contribution in [0.25, 0.3) is 0 Å². The molecule has 0 saturated heterocycles. The Labute approximate surface area is 207 Å². The molecular formula is C29H37N3O3. The topological polar surface area (TPSA) is 83.5 Å². The molecule has 1 spiro atoms. The minimum absolute atomic E-state index is 0.00236. The molecule has 5 unspecified atom stereocenters. The van der Waals surface area contributed by atoms with E-state index in [4.69, 9.17) is 4.74 Å². The summed E-state index contributed by atoms with van der Waals surface area (Å²) in [6, 6.07) is 10.2. The van der Waals surface area contributed by atoms with Crippen LogP contribution in [0, 0.1) is 23.2 Å².